The van der Waals surface area contributed by atoms with Crippen molar-refractivity contribution in [3.63, 3.8) is 0 Å². The molecule has 1 aliphatic rings. The zero-order chi connectivity index (χ0) is 18.5. The third kappa shape index (κ3) is 5.58. The lowest BCUT2D eigenvalue weighted by atomic mass is 10.1. The van der Waals surface area contributed by atoms with Crippen LogP contribution < -0.4 is 10.6 Å². The molecule has 2 N–H and O–H groups in total. The van der Waals surface area contributed by atoms with Gasteiger partial charge < -0.3 is 15.4 Å². The van der Waals surface area contributed by atoms with Gasteiger partial charge in [0, 0.05) is 33.2 Å². The van der Waals surface area contributed by atoms with Crippen molar-refractivity contribution in [2.45, 2.75) is 38.6 Å². The quantitative estimate of drug-likeness (QED) is 0.380. The molecule has 1 aliphatic heterocycles. The van der Waals surface area contributed by atoms with Crippen LogP contribution in [-0.2, 0) is 30.9 Å². The molecule has 3 rings (SSSR count). The van der Waals surface area contributed by atoms with Crippen LogP contribution in [0.4, 0.5) is 8.78 Å². The number of nitrogens with one attached hydrogen (secondary N) is 2. The summed E-state index contributed by atoms with van der Waals surface area (Å²) in [6.45, 7) is 1.42. The monoisotopic (exact) mass is 492 g/mol. The van der Waals surface area contributed by atoms with E-state index in [1.54, 1.807) is 14.2 Å². The Morgan fingerprint density at radius 2 is 2.19 bits per heavy atom. The molecule has 10 heteroatoms. The SMILES string of the molecule is CN=C(NCc1ccc(F)c(F)c1)NC1CCc2nc(COC)nn2C1.I. The number of fused-ring (bicyclic) bond motifs is 1. The minimum absolute atomic E-state index is 0. The molecular weight excluding hydrogens is 469 g/mol. The van der Waals surface area contributed by atoms with Gasteiger partial charge in [0.1, 0.15) is 12.4 Å². The lowest BCUT2D eigenvalue weighted by Crippen LogP contribution is -2.46. The zero-order valence-corrected chi connectivity index (χ0v) is 17.5. The Labute approximate surface area is 173 Å². The fraction of sp³-hybridized carbons (Fsp3) is 0.471. The molecule has 1 aromatic heterocycles. The second-order valence-electron chi connectivity index (χ2n) is 6.11. The Hall–Kier alpha value is -1.82. The fourth-order valence-corrected chi connectivity index (χ4v) is 2.89. The van der Waals surface area contributed by atoms with Crippen molar-refractivity contribution in [3.8, 4) is 0 Å². The fourth-order valence-electron chi connectivity index (χ4n) is 2.89. The maximum absolute atomic E-state index is 13.3. The number of methoxy groups -OCH3 is 1. The summed E-state index contributed by atoms with van der Waals surface area (Å²) in [7, 11) is 3.29. The van der Waals surface area contributed by atoms with Gasteiger partial charge >= 0.3 is 0 Å². The average molecular weight is 492 g/mol. The van der Waals surface area contributed by atoms with Gasteiger partial charge in [-0.1, -0.05) is 6.07 Å². The van der Waals surface area contributed by atoms with E-state index in [0.717, 1.165) is 24.7 Å². The number of ether oxygens (including phenoxy) is 1. The second-order valence-corrected chi connectivity index (χ2v) is 6.11. The van der Waals surface area contributed by atoms with Crippen LogP contribution in [0, 0.1) is 11.6 Å². The Balaban J connectivity index is 0.00000261. The van der Waals surface area contributed by atoms with Gasteiger partial charge in [0.15, 0.2) is 23.4 Å². The number of rotatable bonds is 5. The van der Waals surface area contributed by atoms with E-state index < -0.39 is 11.6 Å². The molecule has 1 atom stereocenters. The normalized spacial score (nSPS) is 16.4. The molecule has 148 valence electrons. The Morgan fingerprint density at radius 1 is 1.37 bits per heavy atom. The lowest BCUT2D eigenvalue weighted by molar-refractivity contribution is 0.177. The molecule has 27 heavy (non-hydrogen) atoms. The maximum atomic E-state index is 13.3. The summed E-state index contributed by atoms with van der Waals surface area (Å²) in [6.07, 6.45) is 1.71. The lowest BCUT2D eigenvalue weighted by Gasteiger charge is -2.25. The van der Waals surface area contributed by atoms with Crippen LogP contribution in [0.25, 0.3) is 0 Å². The number of halogens is 3. The number of nitrogens with zero attached hydrogens (tertiary/aromatic N) is 4. The molecule has 0 aliphatic carbocycles. The number of hydrogen-bond acceptors (Lipinski definition) is 4. The van der Waals surface area contributed by atoms with Crippen LogP contribution in [0.3, 0.4) is 0 Å². The first-order valence-corrected chi connectivity index (χ1v) is 8.41. The van der Waals surface area contributed by atoms with Gasteiger partial charge in [-0.15, -0.1) is 24.0 Å². The van der Waals surface area contributed by atoms with E-state index in [1.807, 2.05) is 4.68 Å². The number of guanidine groups is 1. The number of benzene rings is 1. The van der Waals surface area contributed by atoms with E-state index in [9.17, 15) is 8.78 Å². The number of hydrogen-bond donors (Lipinski definition) is 2. The predicted molar refractivity (Wildman–Crippen MR) is 108 cm³/mol. The van der Waals surface area contributed by atoms with Crippen LogP contribution in [0.5, 0.6) is 0 Å². The van der Waals surface area contributed by atoms with Crippen molar-refractivity contribution in [1.82, 2.24) is 25.4 Å². The van der Waals surface area contributed by atoms with E-state index in [-0.39, 0.29) is 30.0 Å². The van der Waals surface area contributed by atoms with Crippen molar-refractivity contribution < 1.29 is 13.5 Å². The molecule has 1 aromatic carbocycles. The van der Waals surface area contributed by atoms with Crippen LogP contribution in [-0.4, -0.2) is 40.9 Å². The van der Waals surface area contributed by atoms with Crippen LogP contribution >= 0.6 is 24.0 Å². The molecular formula is C17H23F2IN6O. The largest absolute Gasteiger partial charge is 0.377 e. The highest BCUT2D eigenvalue weighted by Gasteiger charge is 2.22. The third-order valence-electron chi connectivity index (χ3n) is 4.18. The molecule has 0 bridgehead atoms. The van der Waals surface area contributed by atoms with Gasteiger partial charge in [0.05, 0.1) is 6.54 Å². The first-order valence-electron chi connectivity index (χ1n) is 8.41. The standard InChI is InChI=1S/C17H22F2N6O.HI/c1-20-17(21-8-11-3-5-13(18)14(19)7-11)22-12-4-6-16-23-15(10-26-2)24-25(16)9-12;/h3,5,7,12H,4,6,8-10H2,1-2H3,(H2,20,21,22);1H. The molecule has 0 radical (unpaired) electrons. The van der Waals surface area contributed by atoms with Gasteiger partial charge in [0.25, 0.3) is 0 Å². The second kappa shape index (κ2) is 9.93. The number of aromatic nitrogens is 3. The maximum Gasteiger partial charge on any atom is 0.191 e. The summed E-state index contributed by atoms with van der Waals surface area (Å²) in [5, 5.41) is 10.9. The summed E-state index contributed by atoms with van der Waals surface area (Å²) in [5.41, 5.74) is 0.637. The molecule has 0 fully saturated rings. The minimum Gasteiger partial charge on any atom is -0.377 e. The third-order valence-corrected chi connectivity index (χ3v) is 4.18. The van der Waals surface area contributed by atoms with E-state index in [0.29, 0.717) is 37.0 Å². The zero-order valence-electron chi connectivity index (χ0n) is 15.2. The van der Waals surface area contributed by atoms with E-state index in [1.165, 1.54) is 12.1 Å². The summed E-state index contributed by atoms with van der Waals surface area (Å²) in [4.78, 5) is 8.64. The van der Waals surface area contributed by atoms with Crippen molar-refractivity contribution in [1.29, 1.82) is 0 Å². The molecule has 0 saturated heterocycles. The van der Waals surface area contributed by atoms with Gasteiger partial charge in [-0.3, -0.25) is 4.99 Å². The van der Waals surface area contributed by atoms with Crippen LogP contribution in [0.2, 0.25) is 0 Å². The highest BCUT2D eigenvalue weighted by molar-refractivity contribution is 14.0. The Kier molecular flexibility index (Phi) is 7.90. The molecule has 0 spiro atoms. The Bertz CT molecular complexity index is 798. The predicted octanol–water partition coefficient (Wildman–Crippen LogP) is 2.00. The molecule has 0 saturated carbocycles. The summed E-state index contributed by atoms with van der Waals surface area (Å²) in [5.74, 6) is 0.532. The van der Waals surface area contributed by atoms with E-state index in [4.69, 9.17) is 4.74 Å². The summed E-state index contributed by atoms with van der Waals surface area (Å²) >= 11 is 0. The van der Waals surface area contributed by atoms with Crippen molar-refractivity contribution in [2.24, 2.45) is 4.99 Å². The van der Waals surface area contributed by atoms with E-state index in [2.05, 4.69) is 25.7 Å². The molecule has 0 amide bonds. The van der Waals surface area contributed by atoms with E-state index >= 15 is 0 Å². The van der Waals surface area contributed by atoms with Crippen LogP contribution in [0.15, 0.2) is 23.2 Å². The minimum atomic E-state index is -0.856. The van der Waals surface area contributed by atoms with Gasteiger partial charge in [0.2, 0.25) is 0 Å². The molecule has 2 heterocycles. The average Bonchev–Trinajstić information content (AvgIpc) is 3.03. The molecule has 2 aromatic rings. The highest BCUT2D eigenvalue weighted by atomic mass is 127. The smallest absolute Gasteiger partial charge is 0.191 e. The van der Waals surface area contributed by atoms with Crippen LogP contribution in [0.1, 0.15) is 23.6 Å². The number of aliphatic imine (C=N–C) groups is 1. The highest BCUT2D eigenvalue weighted by Crippen LogP contribution is 2.13. The van der Waals surface area contributed by atoms with Gasteiger partial charge in [-0.25, -0.2) is 18.4 Å². The topological polar surface area (TPSA) is 76.4 Å². The van der Waals surface area contributed by atoms with Crippen molar-refractivity contribution >= 4 is 29.9 Å². The Morgan fingerprint density at radius 3 is 2.89 bits per heavy atom. The first-order chi connectivity index (χ1) is 12.6. The first kappa shape index (κ1) is 21.5. The molecule has 1 unspecified atom stereocenters. The number of aryl methyl sites for hydroxylation is 1. The summed E-state index contributed by atoms with van der Waals surface area (Å²) < 4.78 is 33.2. The molecule has 7 nitrogen and oxygen atoms in total. The van der Waals surface area contributed by atoms with Gasteiger partial charge in [-0.05, 0) is 24.1 Å². The van der Waals surface area contributed by atoms with Gasteiger partial charge in [-0.2, -0.15) is 5.10 Å². The van der Waals surface area contributed by atoms with Crippen molar-refractivity contribution in [2.75, 3.05) is 14.2 Å². The summed E-state index contributed by atoms with van der Waals surface area (Å²) in [6, 6.07) is 3.98. The van der Waals surface area contributed by atoms with Crippen molar-refractivity contribution in [3.05, 3.63) is 47.0 Å².